The Labute approximate surface area is 136 Å². The van der Waals surface area contributed by atoms with Gasteiger partial charge in [-0.1, -0.05) is 24.3 Å². The molecular formula is C16H17F3N2OS. The van der Waals surface area contributed by atoms with Crippen molar-refractivity contribution in [3.63, 3.8) is 0 Å². The molecule has 124 valence electrons. The highest BCUT2D eigenvalue weighted by Crippen LogP contribution is 2.29. The van der Waals surface area contributed by atoms with Crippen LogP contribution >= 0.6 is 11.3 Å². The Morgan fingerprint density at radius 2 is 2.04 bits per heavy atom. The molecular weight excluding hydrogens is 325 g/mol. The summed E-state index contributed by atoms with van der Waals surface area (Å²) in [6.45, 7) is 0.867. The Kier molecular flexibility index (Phi) is 5.79. The maximum Gasteiger partial charge on any atom is 0.416 e. The van der Waals surface area contributed by atoms with Crippen molar-refractivity contribution in [2.75, 3.05) is 13.6 Å². The minimum absolute atomic E-state index is 0.127. The third-order valence-corrected chi connectivity index (χ3v) is 4.04. The van der Waals surface area contributed by atoms with Gasteiger partial charge in [-0.05, 0) is 30.1 Å². The highest BCUT2D eigenvalue weighted by molar-refractivity contribution is 7.09. The second kappa shape index (κ2) is 7.61. The number of likely N-dealkylation sites (N-methyl/N-ethyl adjacent to an activating group) is 1. The zero-order chi connectivity index (χ0) is 16.9. The van der Waals surface area contributed by atoms with E-state index in [1.807, 2.05) is 17.5 Å². The largest absolute Gasteiger partial charge is 0.416 e. The zero-order valence-corrected chi connectivity index (χ0v) is 13.4. The Hall–Kier alpha value is -1.86. The fraction of sp³-hybridized carbons (Fsp3) is 0.312. The predicted molar refractivity (Wildman–Crippen MR) is 83.9 cm³/mol. The number of nitrogens with one attached hydrogen (secondary N) is 1. The molecule has 0 radical (unpaired) electrons. The summed E-state index contributed by atoms with van der Waals surface area (Å²) in [7, 11) is 1.70. The molecule has 0 aliphatic rings. The molecule has 0 aliphatic heterocycles. The SMILES string of the molecule is CN(CC(=O)NCc1cccs1)Cc1cccc(C(F)(F)F)c1. The van der Waals surface area contributed by atoms with E-state index in [1.165, 1.54) is 6.07 Å². The summed E-state index contributed by atoms with van der Waals surface area (Å²) in [5.74, 6) is -0.159. The molecule has 0 spiro atoms. The van der Waals surface area contributed by atoms with Gasteiger partial charge in [0.15, 0.2) is 0 Å². The molecule has 0 atom stereocenters. The normalized spacial score (nSPS) is 11.7. The lowest BCUT2D eigenvalue weighted by atomic mass is 10.1. The first-order chi connectivity index (χ1) is 10.8. The number of carbonyl (C=O) groups excluding carboxylic acids is 1. The van der Waals surface area contributed by atoms with E-state index in [2.05, 4.69) is 5.32 Å². The lowest BCUT2D eigenvalue weighted by Gasteiger charge is -2.17. The lowest BCUT2D eigenvalue weighted by molar-refractivity contribution is -0.137. The number of benzene rings is 1. The van der Waals surface area contributed by atoms with Crippen molar-refractivity contribution in [3.05, 3.63) is 57.8 Å². The zero-order valence-electron chi connectivity index (χ0n) is 12.6. The number of hydrogen-bond donors (Lipinski definition) is 1. The van der Waals surface area contributed by atoms with Gasteiger partial charge in [-0.25, -0.2) is 0 Å². The van der Waals surface area contributed by atoms with Crippen molar-refractivity contribution in [2.24, 2.45) is 0 Å². The van der Waals surface area contributed by atoms with Crippen LogP contribution in [0.3, 0.4) is 0 Å². The number of carbonyl (C=O) groups is 1. The van der Waals surface area contributed by atoms with Gasteiger partial charge in [-0.15, -0.1) is 11.3 Å². The third kappa shape index (κ3) is 5.69. The lowest BCUT2D eigenvalue weighted by Crippen LogP contribution is -2.34. The van der Waals surface area contributed by atoms with E-state index in [1.54, 1.807) is 29.4 Å². The number of amides is 1. The monoisotopic (exact) mass is 342 g/mol. The molecule has 2 rings (SSSR count). The highest BCUT2D eigenvalue weighted by Gasteiger charge is 2.30. The minimum atomic E-state index is -4.35. The summed E-state index contributed by atoms with van der Waals surface area (Å²) < 4.78 is 38.0. The first-order valence-electron chi connectivity index (χ1n) is 6.98. The molecule has 0 unspecified atom stereocenters. The summed E-state index contributed by atoms with van der Waals surface area (Å²) in [6, 6.07) is 8.98. The Balaban J connectivity index is 1.84. The minimum Gasteiger partial charge on any atom is -0.350 e. The van der Waals surface area contributed by atoms with Gasteiger partial charge in [0.2, 0.25) is 5.91 Å². The molecule has 1 N–H and O–H groups in total. The summed E-state index contributed by atoms with van der Waals surface area (Å²) in [6.07, 6.45) is -4.35. The van der Waals surface area contributed by atoms with E-state index in [0.29, 0.717) is 12.1 Å². The van der Waals surface area contributed by atoms with Crippen LogP contribution in [0.2, 0.25) is 0 Å². The van der Waals surface area contributed by atoms with Crippen molar-refractivity contribution < 1.29 is 18.0 Å². The average Bonchev–Trinajstić information content (AvgIpc) is 2.97. The second-order valence-electron chi connectivity index (χ2n) is 5.23. The van der Waals surface area contributed by atoms with Crippen LogP contribution in [0, 0.1) is 0 Å². The average molecular weight is 342 g/mol. The molecule has 1 aromatic heterocycles. The van der Waals surface area contributed by atoms with E-state index < -0.39 is 11.7 Å². The van der Waals surface area contributed by atoms with E-state index in [4.69, 9.17) is 0 Å². The van der Waals surface area contributed by atoms with Gasteiger partial charge in [-0.2, -0.15) is 13.2 Å². The van der Waals surface area contributed by atoms with Crippen LogP contribution < -0.4 is 5.32 Å². The molecule has 2 aromatic rings. The van der Waals surface area contributed by atoms with E-state index in [9.17, 15) is 18.0 Å². The number of hydrogen-bond acceptors (Lipinski definition) is 3. The first kappa shape index (κ1) is 17.5. The number of nitrogens with zero attached hydrogens (tertiary/aromatic N) is 1. The molecule has 23 heavy (non-hydrogen) atoms. The number of thiophene rings is 1. The molecule has 0 fully saturated rings. The maximum atomic E-state index is 12.7. The van der Waals surface area contributed by atoms with Crippen molar-refractivity contribution in [1.29, 1.82) is 0 Å². The standard InChI is InChI=1S/C16H17F3N2OS/c1-21(11-15(22)20-9-14-6-3-7-23-14)10-12-4-2-5-13(8-12)16(17,18)19/h2-8H,9-11H2,1H3,(H,20,22). The molecule has 1 amide bonds. The Morgan fingerprint density at radius 3 is 2.70 bits per heavy atom. The smallest absolute Gasteiger partial charge is 0.350 e. The van der Waals surface area contributed by atoms with Gasteiger partial charge < -0.3 is 5.32 Å². The summed E-state index contributed by atoms with van der Waals surface area (Å²) in [5, 5.41) is 4.72. The number of rotatable bonds is 6. The molecule has 0 saturated carbocycles. The van der Waals surface area contributed by atoms with Crippen molar-refractivity contribution in [3.8, 4) is 0 Å². The van der Waals surface area contributed by atoms with Crippen LogP contribution in [0.4, 0.5) is 13.2 Å². The van der Waals surface area contributed by atoms with Gasteiger partial charge in [0.1, 0.15) is 0 Å². The van der Waals surface area contributed by atoms with Crippen molar-refractivity contribution in [2.45, 2.75) is 19.3 Å². The van der Waals surface area contributed by atoms with E-state index in [-0.39, 0.29) is 19.0 Å². The number of halogens is 3. The predicted octanol–water partition coefficient (Wildman–Crippen LogP) is 3.52. The molecule has 0 bridgehead atoms. The highest BCUT2D eigenvalue weighted by atomic mass is 32.1. The molecule has 0 aliphatic carbocycles. The second-order valence-corrected chi connectivity index (χ2v) is 6.26. The molecule has 0 saturated heterocycles. The topological polar surface area (TPSA) is 32.3 Å². The maximum absolute atomic E-state index is 12.7. The van der Waals surface area contributed by atoms with Gasteiger partial charge in [-0.3, -0.25) is 9.69 Å². The van der Waals surface area contributed by atoms with Crippen molar-refractivity contribution in [1.82, 2.24) is 10.2 Å². The third-order valence-electron chi connectivity index (χ3n) is 3.16. The van der Waals surface area contributed by atoms with Gasteiger partial charge in [0, 0.05) is 11.4 Å². The van der Waals surface area contributed by atoms with E-state index in [0.717, 1.165) is 17.0 Å². The van der Waals surface area contributed by atoms with Crippen LogP contribution in [-0.4, -0.2) is 24.4 Å². The quantitative estimate of drug-likeness (QED) is 0.871. The van der Waals surface area contributed by atoms with Gasteiger partial charge in [0.25, 0.3) is 0 Å². The Morgan fingerprint density at radius 1 is 1.26 bits per heavy atom. The van der Waals surface area contributed by atoms with Crippen LogP contribution in [-0.2, 0) is 24.1 Å². The fourth-order valence-corrected chi connectivity index (χ4v) is 2.76. The number of alkyl halides is 3. The van der Waals surface area contributed by atoms with Crippen LogP contribution in [0.1, 0.15) is 16.0 Å². The van der Waals surface area contributed by atoms with Crippen LogP contribution in [0.5, 0.6) is 0 Å². The first-order valence-corrected chi connectivity index (χ1v) is 7.86. The summed E-state index contributed by atoms with van der Waals surface area (Å²) in [4.78, 5) is 14.6. The van der Waals surface area contributed by atoms with Gasteiger partial charge >= 0.3 is 6.18 Å². The van der Waals surface area contributed by atoms with E-state index >= 15 is 0 Å². The van der Waals surface area contributed by atoms with Crippen molar-refractivity contribution >= 4 is 17.2 Å². The molecule has 7 heteroatoms. The van der Waals surface area contributed by atoms with Gasteiger partial charge in [0.05, 0.1) is 18.7 Å². The summed E-state index contributed by atoms with van der Waals surface area (Å²) >= 11 is 1.56. The molecule has 1 aromatic carbocycles. The van der Waals surface area contributed by atoms with Crippen LogP contribution in [0.25, 0.3) is 0 Å². The fourth-order valence-electron chi connectivity index (χ4n) is 2.11. The molecule has 1 heterocycles. The molecule has 3 nitrogen and oxygen atoms in total. The van der Waals surface area contributed by atoms with Crippen LogP contribution in [0.15, 0.2) is 41.8 Å². The Bertz CT molecular complexity index is 641. The summed E-state index contributed by atoms with van der Waals surface area (Å²) in [5.41, 5.74) is -0.154.